The van der Waals surface area contributed by atoms with Crippen molar-refractivity contribution in [2.75, 3.05) is 0 Å². The average Bonchev–Trinajstić information content (AvgIpc) is 2.19. The summed E-state index contributed by atoms with van der Waals surface area (Å²) in [5, 5.41) is 0. The van der Waals surface area contributed by atoms with Gasteiger partial charge in [0.2, 0.25) is 0 Å². The van der Waals surface area contributed by atoms with Crippen LogP contribution in [0, 0.1) is 6.92 Å². The van der Waals surface area contributed by atoms with E-state index in [0.717, 1.165) is 10.0 Å². The van der Waals surface area contributed by atoms with Gasteiger partial charge in [-0.3, -0.25) is 9.78 Å². The first-order chi connectivity index (χ1) is 6.63. The van der Waals surface area contributed by atoms with Crippen LogP contribution in [0.1, 0.15) is 18.9 Å². The van der Waals surface area contributed by atoms with Crippen molar-refractivity contribution >= 4 is 21.9 Å². The summed E-state index contributed by atoms with van der Waals surface area (Å²) in [6.45, 7) is 3.64. The van der Waals surface area contributed by atoms with E-state index < -0.39 is 0 Å². The molecule has 0 aromatic heterocycles. The molecule has 0 saturated carbocycles. The third-order valence-corrected chi connectivity index (χ3v) is 2.54. The molecule has 1 rings (SSSR count). The number of hydrogen-bond donors (Lipinski definition) is 0. The highest BCUT2D eigenvalue weighted by Gasteiger charge is 2.02. The van der Waals surface area contributed by atoms with Crippen LogP contribution in [0.2, 0.25) is 0 Å². The Labute approximate surface area is 91.1 Å². The maximum absolute atomic E-state index is 10.8. The molecule has 0 aliphatic carbocycles. The third-order valence-electron chi connectivity index (χ3n) is 1.65. The average molecular weight is 259 g/mol. The van der Waals surface area contributed by atoms with E-state index in [9.17, 15) is 4.79 Å². The van der Waals surface area contributed by atoms with Crippen LogP contribution in [-0.4, -0.2) is 5.97 Å². The zero-order valence-electron chi connectivity index (χ0n) is 8.04. The van der Waals surface area contributed by atoms with Gasteiger partial charge in [0.15, 0.2) is 5.75 Å². The normalized spacial score (nSPS) is 9.64. The van der Waals surface area contributed by atoms with E-state index in [1.54, 1.807) is 19.1 Å². The molecule has 0 aliphatic rings. The van der Waals surface area contributed by atoms with E-state index in [2.05, 4.69) is 20.8 Å². The third kappa shape index (κ3) is 3.03. The zero-order valence-corrected chi connectivity index (χ0v) is 9.63. The minimum atomic E-state index is -0.384. The highest BCUT2D eigenvalue weighted by molar-refractivity contribution is 9.10. The van der Waals surface area contributed by atoms with E-state index in [0.29, 0.717) is 12.2 Å². The summed E-state index contributed by atoms with van der Waals surface area (Å²) in [7, 11) is 0. The van der Waals surface area contributed by atoms with Crippen LogP contribution in [0.5, 0.6) is 5.75 Å². The molecule has 0 radical (unpaired) electrons. The number of rotatable bonds is 3. The van der Waals surface area contributed by atoms with Crippen LogP contribution in [0.15, 0.2) is 22.7 Å². The van der Waals surface area contributed by atoms with Gasteiger partial charge in [-0.2, -0.15) is 0 Å². The second-order valence-corrected chi connectivity index (χ2v) is 3.66. The molecule has 0 amide bonds. The van der Waals surface area contributed by atoms with Gasteiger partial charge in [0.1, 0.15) is 0 Å². The highest BCUT2D eigenvalue weighted by Crippen LogP contribution is 2.21. The number of hydrogen-bond acceptors (Lipinski definition) is 3. The van der Waals surface area contributed by atoms with E-state index in [4.69, 9.17) is 4.89 Å². The van der Waals surface area contributed by atoms with Gasteiger partial charge in [0.25, 0.3) is 0 Å². The summed E-state index contributed by atoms with van der Waals surface area (Å²) >= 11 is 3.36. The van der Waals surface area contributed by atoms with Crippen molar-refractivity contribution in [3.8, 4) is 5.75 Å². The summed E-state index contributed by atoms with van der Waals surface area (Å²) in [6, 6.07) is 5.34. The topological polar surface area (TPSA) is 35.5 Å². The van der Waals surface area contributed by atoms with Crippen molar-refractivity contribution in [2.24, 2.45) is 0 Å². The van der Waals surface area contributed by atoms with Crippen LogP contribution in [0.4, 0.5) is 0 Å². The van der Waals surface area contributed by atoms with Crippen LogP contribution in [-0.2, 0) is 9.68 Å². The molecule has 76 valence electrons. The smallest absolute Gasteiger partial charge is 0.287 e. The van der Waals surface area contributed by atoms with E-state index in [1.165, 1.54) is 0 Å². The maximum Gasteiger partial charge on any atom is 0.355 e. The minimum Gasteiger partial charge on any atom is -0.287 e. The van der Waals surface area contributed by atoms with E-state index in [1.807, 2.05) is 13.0 Å². The van der Waals surface area contributed by atoms with E-state index in [-0.39, 0.29) is 5.97 Å². The van der Waals surface area contributed by atoms with Crippen molar-refractivity contribution < 1.29 is 14.6 Å². The van der Waals surface area contributed by atoms with Gasteiger partial charge in [0, 0.05) is 10.9 Å². The number of halogens is 1. The van der Waals surface area contributed by atoms with Crippen LogP contribution in [0.25, 0.3) is 0 Å². The summed E-state index contributed by atoms with van der Waals surface area (Å²) < 4.78 is 0.992. The molecular formula is C10H11BrO3. The molecule has 0 spiro atoms. The number of carbonyl (C=O) groups is 1. The molecule has 0 unspecified atom stereocenters. The van der Waals surface area contributed by atoms with Gasteiger partial charge in [-0.1, -0.05) is 22.9 Å². The Morgan fingerprint density at radius 1 is 1.50 bits per heavy atom. The first-order valence-electron chi connectivity index (χ1n) is 4.27. The maximum atomic E-state index is 10.8. The summed E-state index contributed by atoms with van der Waals surface area (Å²) in [4.78, 5) is 20.1. The van der Waals surface area contributed by atoms with Crippen LogP contribution in [0.3, 0.4) is 0 Å². The fourth-order valence-corrected chi connectivity index (χ4v) is 1.07. The predicted octanol–water partition coefficient (Wildman–Crippen LogP) is 3.00. The van der Waals surface area contributed by atoms with Crippen molar-refractivity contribution in [2.45, 2.75) is 20.3 Å². The number of carbonyl (C=O) groups excluding carboxylic acids is 1. The molecule has 3 nitrogen and oxygen atoms in total. The molecule has 0 atom stereocenters. The second kappa shape index (κ2) is 5.00. The lowest BCUT2D eigenvalue weighted by Gasteiger charge is -2.04. The molecule has 0 N–H and O–H groups in total. The van der Waals surface area contributed by atoms with Crippen LogP contribution < -0.4 is 4.89 Å². The Hall–Kier alpha value is -1.03. The Kier molecular flexibility index (Phi) is 3.95. The molecule has 0 bridgehead atoms. The standard InChI is InChI=1S/C10H11BrO3/c1-3-10(12)14-13-8-4-5-9(11)7(2)6-8/h4-6H,3H2,1-2H3. The van der Waals surface area contributed by atoms with Crippen molar-refractivity contribution in [1.29, 1.82) is 0 Å². The molecular weight excluding hydrogens is 248 g/mol. The first-order valence-corrected chi connectivity index (χ1v) is 5.06. The Morgan fingerprint density at radius 2 is 2.21 bits per heavy atom. The zero-order chi connectivity index (χ0) is 10.6. The summed E-state index contributed by atoms with van der Waals surface area (Å²) in [5.74, 6) is 0.137. The SMILES string of the molecule is CCC(=O)OOc1ccc(Br)c(C)c1. The molecule has 0 aliphatic heterocycles. The van der Waals surface area contributed by atoms with Gasteiger partial charge >= 0.3 is 5.97 Å². The highest BCUT2D eigenvalue weighted by atomic mass is 79.9. The number of benzene rings is 1. The van der Waals surface area contributed by atoms with Gasteiger partial charge in [-0.15, -0.1) is 0 Å². The molecule has 1 aromatic carbocycles. The van der Waals surface area contributed by atoms with E-state index >= 15 is 0 Å². The minimum absolute atomic E-state index is 0.301. The molecule has 4 heteroatoms. The Morgan fingerprint density at radius 3 is 2.79 bits per heavy atom. The molecule has 0 heterocycles. The largest absolute Gasteiger partial charge is 0.355 e. The molecule has 1 aromatic rings. The van der Waals surface area contributed by atoms with Gasteiger partial charge in [-0.05, 0) is 30.7 Å². The van der Waals surface area contributed by atoms with Crippen molar-refractivity contribution in [3.63, 3.8) is 0 Å². The lowest BCUT2D eigenvalue weighted by molar-refractivity contribution is -0.213. The monoisotopic (exact) mass is 258 g/mol. The van der Waals surface area contributed by atoms with Crippen molar-refractivity contribution in [1.82, 2.24) is 0 Å². The van der Waals surface area contributed by atoms with Gasteiger partial charge in [-0.25, -0.2) is 4.79 Å². The second-order valence-electron chi connectivity index (χ2n) is 2.80. The van der Waals surface area contributed by atoms with Gasteiger partial charge < -0.3 is 0 Å². The lowest BCUT2D eigenvalue weighted by atomic mass is 10.2. The molecule has 0 saturated heterocycles. The summed E-state index contributed by atoms with van der Waals surface area (Å²) in [5.41, 5.74) is 1.02. The van der Waals surface area contributed by atoms with Gasteiger partial charge in [0.05, 0.1) is 0 Å². The predicted molar refractivity (Wildman–Crippen MR) is 55.9 cm³/mol. The Balaban J connectivity index is 2.60. The lowest BCUT2D eigenvalue weighted by Crippen LogP contribution is -2.05. The molecule has 14 heavy (non-hydrogen) atoms. The Bertz CT molecular complexity index is 336. The van der Waals surface area contributed by atoms with Crippen LogP contribution >= 0.6 is 15.9 Å². The first kappa shape index (κ1) is 11.0. The fraction of sp³-hybridized carbons (Fsp3) is 0.300. The fourth-order valence-electron chi connectivity index (χ4n) is 0.823. The quantitative estimate of drug-likeness (QED) is 0.618. The van der Waals surface area contributed by atoms with Crippen molar-refractivity contribution in [3.05, 3.63) is 28.2 Å². The summed E-state index contributed by atoms with van der Waals surface area (Å²) in [6.07, 6.45) is 0.301. The number of aryl methyl sites for hydroxylation is 1. The molecule has 0 fully saturated rings.